The van der Waals surface area contributed by atoms with Crippen molar-refractivity contribution in [3.05, 3.63) is 88.8 Å². The Bertz CT molecular complexity index is 1270. The van der Waals surface area contributed by atoms with Crippen LogP contribution in [0.5, 0.6) is 5.75 Å². The Kier molecular flexibility index (Phi) is 6.78. The molecular formula is C25H21NO4S2. The molecule has 0 fully saturated rings. The number of fused-ring (bicyclic) bond motifs is 1. The highest BCUT2D eigenvalue weighted by Gasteiger charge is 2.13. The van der Waals surface area contributed by atoms with Crippen molar-refractivity contribution >= 4 is 50.7 Å². The van der Waals surface area contributed by atoms with Gasteiger partial charge in [0.25, 0.3) is 5.91 Å². The third-order valence-electron chi connectivity index (χ3n) is 4.84. The summed E-state index contributed by atoms with van der Waals surface area (Å²) in [6.45, 7) is 0. The van der Waals surface area contributed by atoms with E-state index in [2.05, 4.69) is 17.4 Å². The van der Waals surface area contributed by atoms with Gasteiger partial charge in [-0.2, -0.15) is 0 Å². The fourth-order valence-electron chi connectivity index (χ4n) is 3.24. The van der Waals surface area contributed by atoms with Gasteiger partial charge in [0.2, 0.25) is 0 Å². The third kappa shape index (κ3) is 4.95. The minimum Gasteiger partial charge on any atom is -0.496 e. The fraction of sp³-hybridized carbons (Fsp3) is 0.120. The summed E-state index contributed by atoms with van der Waals surface area (Å²) in [4.78, 5) is 26.4. The van der Waals surface area contributed by atoms with Gasteiger partial charge >= 0.3 is 5.97 Å². The van der Waals surface area contributed by atoms with E-state index in [9.17, 15) is 9.59 Å². The fourth-order valence-corrected chi connectivity index (χ4v) is 5.09. The third-order valence-corrected chi connectivity index (χ3v) is 7.00. The minimum absolute atomic E-state index is 0.207. The molecule has 0 aliphatic heterocycles. The van der Waals surface area contributed by atoms with Gasteiger partial charge in [-0.3, -0.25) is 4.79 Å². The number of hydrogen-bond acceptors (Lipinski definition) is 6. The largest absolute Gasteiger partial charge is 0.496 e. The molecule has 0 spiro atoms. The van der Waals surface area contributed by atoms with Gasteiger partial charge in [-0.1, -0.05) is 18.2 Å². The van der Waals surface area contributed by atoms with Crippen molar-refractivity contribution in [2.24, 2.45) is 0 Å². The number of anilines is 1. The molecule has 1 heterocycles. The summed E-state index contributed by atoms with van der Waals surface area (Å²) in [7, 11) is 2.99. The van der Waals surface area contributed by atoms with Crippen LogP contribution < -0.4 is 10.1 Å². The molecule has 0 atom stereocenters. The minimum atomic E-state index is -0.365. The standard InChI is InChI=1S/C25H21NO4S2/c1-29-21-10-8-16(12-18(21)15-31-20-6-4-3-5-7-20)24(27)26-19-9-11-22-17(13-19)14-23(32-22)25(28)30-2/h3-14H,15H2,1-2H3,(H,26,27). The lowest BCUT2D eigenvalue weighted by Crippen LogP contribution is -2.12. The number of carbonyl (C=O) groups is 2. The molecule has 0 unspecified atom stereocenters. The maximum atomic E-state index is 12.9. The number of thiophene rings is 1. The molecule has 1 aromatic heterocycles. The molecule has 162 valence electrons. The summed E-state index contributed by atoms with van der Waals surface area (Å²) in [6, 6.07) is 22.9. The van der Waals surface area contributed by atoms with Crippen LogP contribution in [0.2, 0.25) is 0 Å². The maximum absolute atomic E-state index is 12.9. The van der Waals surface area contributed by atoms with Crippen LogP contribution in [0, 0.1) is 0 Å². The van der Waals surface area contributed by atoms with Crippen LogP contribution in [0.1, 0.15) is 25.6 Å². The number of benzene rings is 3. The van der Waals surface area contributed by atoms with E-state index in [-0.39, 0.29) is 11.9 Å². The van der Waals surface area contributed by atoms with Crippen LogP contribution in [0.15, 0.2) is 77.7 Å². The number of amides is 1. The SMILES string of the molecule is COC(=O)c1cc2cc(NC(=O)c3ccc(OC)c(CSc4ccccc4)c3)ccc2s1. The molecule has 3 aromatic carbocycles. The van der Waals surface area contributed by atoms with E-state index in [0.29, 0.717) is 21.9 Å². The molecular weight excluding hydrogens is 442 g/mol. The number of esters is 1. The normalized spacial score (nSPS) is 10.7. The van der Waals surface area contributed by atoms with E-state index in [1.54, 1.807) is 31.0 Å². The number of nitrogens with one attached hydrogen (secondary N) is 1. The highest BCUT2D eigenvalue weighted by molar-refractivity contribution is 7.98. The average molecular weight is 464 g/mol. The number of thioether (sulfide) groups is 1. The maximum Gasteiger partial charge on any atom is 0.348 e. The average Bonchev–Trinajstić information content (AvgIpc) is 3.26. The summed E-state index contributed by atoms with van der Waals surface area (Å²) in [5.41, 5.74) is 2.16. The molecule has 0 aliphatic rings. The van der Waals surface area contributed by atoms with Gasteiger partial charge in [-0.05, 0) is 60.0 Å². The lowest BCUT2D eigenvalue weighted by atomic mass is 10.1. The van der Waals surface area contributed by atoms with Crippen LogP contribution in [-0.4, -0.2) is 26.1 Å². The van der Waals surface area contributed by atoms with Gasteiger partial charge in [0.1, 0.15) is 10.6 Å². The lowest BCUT2D eigenvalue weighted by Gasteiger charge is -2.11. The Hall–Kier alpha value is -3.29. The topological polar surface area (TPSA) is 64.6 Å². The zero-order valence-corrected chi connectivity index (χ0v) is 19.2. The van der Waals surface area contributed by atoms with Gasteiger partial charge in [0, 0.05) is 32.2 Å². The van der Waals surface area contributed by atoms with Crippen molar-refractivity contribution < 1.29 is 19.1 Å². The monoisotopic (exact) mass is 463 g/mol. The number of rotatable bonds is 7. The Labute approximate surface area is 194 Å². The summed E-state index contributed by atoms with van der Waals surface area (Å²) in [5, 5.41) is 3.82. The molecule has 4 aromatic rings. The van der Waals surface area contributed by atoms with Gasteiger partial charge in [-0.15, -0.1) is 23.1 Å². The Morgan fingerprint density at radius 3 is 2.53 bits per heavy atom. The highest BCUT2D eigenvalue weighted by atomic mass is 32.2. The molecule has 0 saturated heterocycles. The van der Waals surface area contributed by atoms with E-state index in [0.717, 1.165) is 26.3 Å². The van der Waals surface area contributed by atoms with E-state index >= 15 is 0 Å². The van der Waals surface area contributed by atoms with Crippen molar-refractivity contribution in [3.8, 4) is 5.75 Å². The number of hydrogen-bond donors (Lipinski definition) is 1. The van der Waals surface area contributed by atoms with Crippen molar-refractivity contribution in [2.45, 2.75) is 10.6 Å². The number of methoxy groups -OCH3 is 2. The van der Waals surface area contributed by atoms with Gasteiger partial charge < -0.3 is 14.8 Å². The first-order valence-corrected chi connectivity index (χ1v) is 11.7. The summed E-state index contributed by atoms with van der Waals surface area (Å²) >= 11 is 3.05. The number of carbonyl (C=O) groups excluding carboxylic acids is 2. The van der Waals surface area contributed by atoms with E-state index in [1.165, 1.54) is 18.4 Å². The van der Waals surface area contributed by atoms with Crippen LogP contribution in [0.25, 0.3) is 10.1 Å². The quantitative estimate of drug-likeness (QED) is 0.260. The van der Waals surface area contributed by atoms with E-state index in [4.69, 9.17) is 9.47 Å². The second-order valence-corrected chi connectivity index (χ2v) is 9.07. The van der Waals surface area contributed by atoms with Crippen LogP contribution in [0.3, 0.4) is 0 Å². The predicted octanol–water partition coefficient (Wildman–Crippen LogP) is 6.24. The van der Waals surface area contributed by atoms with Crippen LogP contribution >= 0.6 is 23.1 Å². The van der Waals surface area contributed by atoms with Gasteiger partial charge in [-0.25, -0.2) is 4.79 Å². The van der Waals surface area contributed by atoms with E-state index in [1.807, 2.05) is 48.5 Å². The predicted molar refractivity (Wildman–Crippen MR) is 130 cm³/mol. The first-order chi connectivity index (χ1) is 15.6. The Balaban J connectivity index is 1.51. The summed E-state index contributed by atoms with van der Waals surface area (Å²) < 4.78 is 11.2. The van der Waals surface area contributed by atoms with Crippen LogP contribution in [-0.2, 0) is 10.5 Å². The molecule has 0 saturated carbocycles. The van der Waals surface area contributed by atoms with Gasteiger partial charge in [0.15, 0.2) is 0 Å². The molecule has 5 nitrogen and oxygen atoms in total. The molecule has 0 aliphatic carbocycles. The summed E-state index contributed by atoms with van der Waals surface area (Å²) in [5.74, 6) is 0.864. The molecule has 7 heteroatoms. The smallest absolute Gasteiger partial charge is 0.348 e. The molecule has 1 amide bonds. The molecule has 1 N–H and O–H groups in total. The Morgan fingerprint density at radius 1 is 0.969 bits per heavy atom. The first kappa shape index (κ1) is 21.9. The molecule has 0 bridgehead atoms. The zero-order valence-electron chi connectivity index (χ0n) is 17.6. The van der Waals surface area contributed by atoms with Crippen molar-refractivity contribution in [1.29, 1.82) is 0 Å². The number of ether oxygens (including phenoxy) is 2. The second-order valence-electron chi connectivity index (χ2n) is 6.94. The van der Waals surface area contributed by atoms with Crippen molar-refractivity contribution in [1.82, 2.24) is 0 Å². The lowest BCUT2D eigenvalue weighted by molar-refractivity contribution is 0.0606. The zero-order chi connectivity index (χ0) is 22.5. The molecule has 0 radical (unpaired) electrons. The molecule has 32 heavy (non-hydrogen) atoms. The van der Waals surface area contributed by atoms with Gasteiger partial charge in [0.05, 0.1) is 14.2 Å². The van der Waals surface area contributed by atoms with E-state index < -0.39 is 0 Å². The second kappa shape index (κ2) is 9.89. The Morgan fingerprint density at radius 2 is 1.78 bits per heavy atom. The van der Waals surface area contributed by atoms with Crippen molar-refractivity contribution in [2.75, 3.05) is 19.5 Å². The van der Waals surface area contributed by atoms with Crippen molar-refractivity contribution in [3.63, 3.8) is 0 Å². The first-order valence-electron chi connectivity index (χ1n) is 9.85. The summed E-state index contributed by atoms with van der Waals surface area (Å²) in [6.07, 6.45) is 0. The van der Waals surface area contributed by atoms with Crippen LogP contribution in [0.4, 0.5) is 5.69 Å². The molecule has 4 rings (SSSR count). The highest BCUT2D eigenvalue weighted by Crippen LogP contribution is 2.30.